The molecule has 115 heavy (non-hydrogen) atoms. The zero-order chi connectivity index (χ0) is 88.4. The molecule has 0 radical (unpaired) electrons. The molecular formula is C72H112F6N16O21. The molecule has 648 valence electrons. The predicted octanol–water partition coefficient (Wildman–Crippen LogP) is -1.37. The third kappa shape index (κ3) is 38.9. The number of guanidine groups is 1. The van der Waals surface area contributed by atoms with Gasteiger partial charge >= 0.3 is 30.4 Å². The summed E-state index contributed by atoms with van der Waals surface area (Å²) in [5.41, 5.74) is 16.3. The maximum Gasteiger partial charge on any atom is 0.490 e. The molecule has 24 N–H and O–H groups in total. The third-order valence-corrected chi connectivity index (χ3v) is 16.8. The van der Waals surface area contributed by atoms with E-state index in [-0.39, 0.29) is 69.2 Å². The SMILES string of the molecule is CC[C@H](C)[C@@H]1NC(=O)[C@@H](CCCN=C(N)N)NC(=O)[C@H](CC(C)C)NC(=O)[C@H]([C@H](O)C(C)C)NC(=O)[C@@H](NC(=O)[C@H](CC(C)(C)C)NC[C@H](CC(C)(C)C)NC(=O)OCc2ccccc2)[C@@H](c2ccccc2)NC(=O)[C@H](CO)NC(=O)[C@H]([C@H](O)C(N)=O)NC(=O)CNC(=O)[C@H]([C@H](C)O)NC1=O.O=C(O)C(F)(F)F.O=C(O)C(F)(F)F. The van der Waals surface area contributed by atoms with E-state index in [1.807, 2.05) is 52.9 Å². The number of ether oxygens (including phenoxy) is 1. The first kappa shape index (κ1) is 102. The van der Waals surface area contributed by atoms with E-state index in [1.165, 1.54) is 38.1 Å². The van der Waals surface area contributed by atoms with Crippen molar-refractivity contribution in [1.82, 2.24) is 63.8 Å². The van der Waals surface area contributed by atoms with E-state index < -0.39 is 216 Å². The molecule has 0 saturated carbocycles. The zero-order valence-electron chi connectivity index (χ0n) is 66.1. The van der Waals surface area contributed by atoms with Gasteiger partial charge in [-0.2, -0.15) is 26.3 Å². The summed E-state index contributed by atoms with van der Waals surface area (Å²) in [5, 5.41) is 89.7. The number of benzene rings is 2. The number of nitrogens with two attached hydrogens (primary N) is 3. The number of nitrogens with one attached hydrogen (secondary N) is 12. The lowest BCUT2D eigenvalue weighted by Gasteiger charge is -2.35. The number of hydrogen-bond donors (Lipinski definition) is 21. The number of aliphatic hydroxyl groups is 4. The van der Waals surface area contributed by atoms with E-state index >= 15 is 14.4 Å². The molecule has 37 nitrogen and oxygen atoms in total. The van der Waals surface area contributed by atoms with Crippen LogP contribution in [0.15, 0.2) is 65.7 Å². The number of amides is 12. The Hall–Kier alpha value is -10.5. The summed E-state index contributed by atoms with van der Waals surface area (Å²) in [6, 6.07) is -2.24. The van der Waals surface area contributed by atoms with Gasteiger partial charge in [-0.15, -0.1) is 0 Å². The molecule has 0 aliphatic carbocycles. The number of primary amides is 1. The number of carboxylic acid groups (broad SMARTS) is 2. The molecule has 3 rings (SSSR count). The summed E-state index contributed by atoms with van der Waals surface area (Å²) >= 11 is 0. The molecule has 0 spiro atoms. The number of carbonyl (C=O) groups is 14. The average Bonchev–Trinajstić information content (AvgIpc) is 0.809. The number of alkyl halides is 6. The second-order valence-electron chi connectivity index (χ2n) is 30.3. The van der Waals surface area contributed by atoms with Crippen LogP contribution in [-0.4, -0.2) is 237 Å². The van der Waals surface area contributed by atoms with E-state index in [2.05, 4.69) is 63.5 Å². The molecular weight excluding hydrogens is 1540 g/mol. The standard InChI is InChI=1S/C68H110N16O17.2C2HF3O2/c1-14-37(6)47-61(96)81-48(38(7)86)60(95)74-32-46(87)79-52(54(89)55(69)90)64(99)78-45(33-85)59(94)82-49(40-24-19-16-20-25-40)50(83-58(93)44(30-68(11,12)13)73-31-41(29-67(8,9)10)75-66(100)101-34-39-22-17-15-18-23-39)62(97)84-51(53(88)36(4)5)63(98)77-43(28-35(2)3)57(92)76-42(56(91)80-47)26-21-27-72-65(70)71;2*3-2(4,5)1(6)7/h15-20,22-25,35-38,41-45,47-54,73,85-86,88-89H,14,21,26-34H2,1-13H3,(H2,69,90)(H,74,95)(H,75,100)(H,76,92)(H,77,98)(H,78,99)(H,79,87)(H,80,91)(H,81,96)(H,82,94)(H,83,93)(H,84,97)(H4,70,71,72);2*(H,6,7)/t37-,38-,41-,42+,43-,44-,45-,47-,48-,49+,50-,51-,52-,53+,54-;;/m0../s1. The first-order chi connectivity index (χ1) is 53.0. The van der Waals surface area contributed by atoms with Crippen LogP contribution in [0.25, 0.3) is 0 Å². The summed E-state index contributed by atoms with van der Waals surface area (Å²) < 4.78 is 69.0. The number of aliphatic carboxylic acids is 2. The Bertz CT molecular complexity index is 3560. The van der Waals surface area contributed by atoms with Gasteiger partial charge in [0, 0.05) is 19.1 Å². The molecule has 0 aromatic heterocycles. The number of aliphatic hydroxyl groups excluding tert-OH is 4. The number of aliphatic imine (C=N–C) groups is 1. The Morgan fingerprint density at radius 3 is 1.56 bits per heavy atom. The minimum atomic E-state index is -5.08. The van der Waals surface area contributed by atoms with Crippen LogP contribution in [0, 0.1) is 28.6 Å². The Morgan fingerprint density at radius 1 is 0.600 bits per heavy atom. The topological polar surface area (TPSA) is 604 Å². The highest BCUT2D eigenvalue weighted by molar-refractivity contribution is 6.00. The molecule has 0 bridgehead atoms. The Balaban J connectivity index is 0.00000429. The lowest BCUT2D eigenvalue weighted by atomic mass is 9.86. The van der Waals surface area contributed by atoms with Crippen LogP contribution >= 0.6 is 0 Å². The van der Waals surface area contributed by atoms with E-state index in [4.69, 9.17) is 41.7 Å². The van der Waals surface area contributed by atoms with Gasteiger partial charge in [0.25, 0.3) is 0 Å². The molecule has 2 aromatic rings. The first-order valence-electron chi connectivity index (χ1n) is 36.4. The van der Waals surface area contributed by atoms with Gasteiger partial charge in [0.1, 0.15) is 54.9 Å². The number of carbonyl (C=O) groups excluding carboxylic acids is 12. The van der Waals surface area contributed by atoms with Crippen molar-refractivity contribution in [2.45, 2.75) is 232 Å². The highest BCUT2D eigenvalue weighted by Gasteiger charge is 2.44. The lowest BCUT2D eigenvalue weighted by molar-refractivity contribution is -0.193. The smallest absolute Gasteiger partial charge is 0.475 e. The van der Waals surface area contributed by atoms with Gasteiger partial charge in [-0.3, -0.25) is 57.7 Å². The van der Waals surface area contributed by atoms with Gasteiger partial charge in [-0.05, 0) is 78.7 Å². The van der Waals surface area contributed by atoms with Gasteiger partial charge in [-0.25, -0.2) is 14.4 Å². The van der Waals surface area contributed by atoms with Crippen LogP contribution in [0.5, 0.6) is 0 Å². The summed E-state index contributed by atoms with van der Waals surface area (Å²) in [6.07, 6.45) is -16.6. The highest BCUT2D eigenvalue weighted by Crippen LogP contribution is 2.26. The van der Waals surface area contributed by atoms with Crippen molar-refractivity contribution in [3.8, 4) is 0 Å². The van der Waals surface area contributed by atoms with Gasteiger partial charge in [0.2, 0.25) is 65.0 Å². The Labute approximate surface area is 660 Å². The van der Waals surface area contributed by atoms with Crippen LogP contribution < -0.4 is 81.0 Å². The minimum Gasteiger partial charge on any atom is -0.475 e. The molecule has 43 heteroatoms. The van der Waals surface area contributed by atoms with Crippen molar-refractivity contribution < 1.29 is 129 Å². The van der Waals surface area contributed by atoms with Crippen LogP contribution in [-0.2, 0) is 73.7 Å². The molecule has 1 saturated heterocycles. The molecule has 0 unspecified atom stereocenters. The lowest BCUT2D eigenvalue weighted by Crippen LogP contribution is -2.65. The fourth-order valence-corrected chi connectivity index (χ4v) is 10.8. The number of halogens is 6. The average molecular weight is 1650 g/mol. The molecule has 15 atom stereocenters. The summed E-state index contributed by atoms with van der Waals surface area (Å²) in [4.78, 5) is 194. The highest BCUT2D eigenvalue weighted by atomic mass is 19.4. The van der Waals surface area contributed by atoms with E-state index in [0.717, 1.165) is 12.5 Å². The van der Waals surface area contributed by atoms with Crippen LogP contribution in [0.2, 0.25) is 0 Å². The molecule has 1 aliphatic heterocycles. The largest absolute Gasteiger partial charge is 0.490 e. The second kappa shape index (κ2) is 48.0. The van der Waals surface area contributed by atoms with Crippen LogP contribution in [0.1, 0.15) is 146 Å². The number of rotatable bonds is 25. The van der Waals surface area contributed by atoms with Gasteiger partial charge in [0.05, 0.1) is 37.4 Å². The Morgan fingerprint density at radius 2 is 1.08 bits per heavy atom. The third-order valence-electron chi connectivity index (χ3n) is 16.8. The fraction of sp³-hybridized carbons (Fsp3) is 0.625. The maximum absolute atomic E-state index is 15.7. The maximum atomic E-state index is 15.7. The normalized spacial score (nSPS) is 22.0. The number of hydrogen-bond acceptors (Lipinski definition) is 21. The van der Waals surface area contributed by atoms with Crippen molar-refractivity contribution >= 4 is 89.0 Å². The van der Waals surface area contributed by atoms with E-state index in [0.29, 0.717) is 6.42 Å². The monoisotopic (exact) mass is 1650 g/mol. The zero-order valence-corrected chi connectivity index (χ0v) is 66.1. The fourth-order valence-electron chi connectivity index (χ4n) is 10.8. The molecule has 2 aromatic carbocycles. The minimum absolute atomic E-state index is 0.0431. The van der Waals surface area contributed by atoms with Crippen molar-refractivity contribution in [3.05, 3.63) is 71.8 Å². The molecule has 1 heterocycles. The number of carboxylic acids is 2. The first-order valence-corrected chi connectivity index (χ1v) is 36.4. The van der Waals surface area contributed by atoms with Crippen LogP contribution in [0.3, 0.4) is 0 Å². The van der Waals surface area contributed by atoms with E-state index in [1.54, 1.807) is 58.0 Å². The Kier molecular flexibility index (Phi) is 42.8. The summed E-state index contributed by atoms with van der Waals surface area (Å²) in [7, 11) is 0. The number of nitrogens with zero attached hydrogens (tertiary/aromatic N) is 1. The van der Waals surface area contributed by atoms with Crippen molar-refractivity contribution in [1.29, 1.82) is 0 Å². The predicted molar refractivity (Wildman–Crippen MR) is 400 cm³/mol. The van der Waals surface area contributed by atoms with Crippen molar-refractivity contribution in [2.24, 2.45) is 50.8 Å². The molecule has 1 fully saturated rings. The van der Waals surface area contributed by atoms with E-state index in [9.17, 15) is 89.9 Å². The quantitative estimate of drug-likeness (QED) is 0.0236. The van der Waals surface area contributed by atoms with Crippen molar-refractivity contribution in [2.75, 3.05) is 26.2 Å². The molecule has 1 aliphatic rings. The number of alkyl carbamates (subject to hydrolysis) is 1. The second-order valence-corrected chi connectivity index (χ2v) is 30.3. The summed E-state index contributed by atoms with van der Waals surface area (Å²) in [5.74, 6) is -20.9. The summed E-state index contributed by atoms with van der Waals surface area (Å²) in [6.45, 7) is 19.7. The van der Waals surface area contributed by atoms with Gasteiger partial charge in [-0.1, -0.05) is 150 Å². The van der Waals surface area contributed by atoms with Crippen molar-refractivity contribution in [3.63, 3.8) is 0 Å². The van der Waals surface area contributed by atoms with Gasteiger partial charge in [0.15, 0.2) is 12.1 Å². The molecule has 12 amide bonds. The van der Waals surface area contributed by atoms with Gasteiger partial charge < -0.3 is 116 Å². The van der Waals surface area contributed by atoms with Crippen LogP contribution in [0.4, 0.5) is 31.1 Å².